The first-order chi connectivity index (χ1) is 22.4. The monoisotopic (exact) mass is 664 g/mol. The lowest BCUT2D eigenvalue weighted by molar-refractivity contribution is -0.184. The molecule has 0 radical (unpaired) electrons. The van der Waals surface area contributed by atoms with Crippen molar-refractivity contribution in [2.24, 2.45) is 23.5 Å². The van der Waals surface area contributed by atoms with Gasteiger partial charge in [-0.25, -0.2) is 4.79 Å². The second-order valence-electron chi connectivity index (χ2n) is 14.1. The molecule has 0 heterocycles. The first-order valence-corrected chi connectivity index (χ1v) is 16.0. The number of phenols is 1. The fourth-order valence-corrected chi connectivity index (χ4v) is 7.62. The quantitative estimate of drug-likeness (QED) is 0.213. The molecule has 2 saturated carbocycles. The number of aromatic hydroxyl groups is 1. The Morgan fingerprint density at radius 1 is 1.12 bits per heavy atom. The Morgan fingerprint density at radius 3 is 2.42 bits per heavy atom. The third-order valence-corrected chi connectivity index (χ3v) is 9.57. The Bertz CT molecular complexity index is 1710. The second kappa shape index (κ2) is 12.5. The molecule has 3 aliphatic carbocycles. The number of carbonyl (C=O) groups excluding carboxylic acids is 4. The molecule has 3 amide bonds. The molecule has 2 fully saturated rings. The maximum Gasteiger partial charge on any atom is 0.315 e. The minimum atomic E-state index is -2.73. The molecule has 13 heteroatoms. The minimum absolute atomic E-state index is 0.00818. The summed E-state index contributed by atoms with van der Waals surface area (Å²) in [4.78, 5) is 54.1. The van der Waals surface area contributed by atoms with Crippen LogP contribution in [0.5, 0.6) is 11.5 Å². The van der Waals surface area contributed by atoms with Gasteiger partial charge in [-0.2, -0.15) is 0 Å². The van der Waals surface area contributed by atoms with E-state index in [0.717, 1.165) is 0 Å². The van der Waals surface area contributed by atoms with E-state index >= 15 is 0 Å². The fraction of sp³-hybridized carbons (Fsp3) is 0.486. The number of nitrogens with one attached hydrogen (secondary N) is 2. The lowest BCUT2D eigenvalue weighted by Crippen LogP contribution is -2.73. The van der Waals surface area contributed by atoms with E-state index in [-0.39, 0.29) is 42.3 Å². The van der Waals surface area contributed by atoms with Crippen LogP contribution in [0.4, 0.5) is 4.79 Å². The number of aliphatic hydroxyl groups is 3. The first kappa shape index (κ1) is 34.9. The minimum Gasteiger partial charge on any atom is -0.507 e. The number of carbonyl (C=O) groups is 4. The number of urea groups is 1. The molecule has 8 N–H and O–H groups in total. The number of phenolic OH excluding ortho intramolecular Hbond substituents is 1. The zero-order chi connectivity index (χ0) is 35.5. The summed E-state index contributed by atoms with van der Waals surface area (Å²) in [6.07, 6.45) is -1.41. The van der Waals surface area contributed by atoms with Crippen molar-refractivity contribution < 1.29 is 44.3 Å². The van der Waals surface area contributed by atoms with Gasteiger partial charge in [-0.1, -0.05) is 12.1 Å². The maximum atomic E-state index is 14.1. The topological polar surface area (TPSA) is 212 Å². The Kier molecular flexibility index (Phi) is 9.10. The van der Waals surface area contributed by atoms with Crippen LogP contribution in [0.3, 0.4) is 0 Å². The Morgan fingerprint density at radius 2 is 1.81 bits per heavy atom. The van der Waals surface area contributed by atoms with Crippen LogP contribution in [-0.2, 0) is 27.3 Å². The number of aliphatic hydroxyl groups excluding tert-OH is 2. The predicted octanol–water partition coefficient (Wildman–Crippen LogP) is 1.79. The van der Waals surface area contributed by atoms with Gasteiger partial charge in [0.2, 0.25) is 11.7 Å². The number of fused-ring (bicyclic) bond motifs is 3. The summed E-state index contributed by atoms with van der Waals surface area (Å²) in [6, 6.07) is 7.18. The molecule has 2 aromatic rings. The Balaban J connectivity index is 1.60. The second-order valence-corrected chi connectivity index (χ2v) is 14.1. The van der Waals surface area contributed by atoms with E-state index in [1.807, 2.05) is 39.8 Å². The summed E-state index contributed by atoms with van der Waals surface area (Å²) in [7, 11) is 3.21. The number of likely N-dealkylation sites (N-methyl/N-ethyl adjacent to an activating group) is 1. The number of primary amides is 1. The fourth-order valence-electron chi connectivity index (χ4n) is 7.62. The van der Waals surface area contributed by atoms with E-state index in [0.29, 0.717) is 34.6 Å². The summed E-state index contributed by atoms with van der Waals surface area (Å²) < 4.78 is 5.82. The maximum absolute atomic E-state index is 14.1. The van der Waals surface area contributed by atoms with Crippen molar-refractivity contribution in [3.8, 4) is 22.6 Å². The summed E-state index contributed by atoms with van der Waals surface area (Å²) in [6.45, 7) is 8.00. The van der Waals surface area contributed by atoms with Gasteiger partial charge < -0.3 is 46.4 Å². The number of ketones is 2. The molecule has 6 atom stereocenters. The van der Waals surface area contributed by atoms with Crippen molar-refractivity contribution in [1.82, 2.24) is 15.5 Å². The average Bonchev–Trinajstić information content (AvgIpc) is 2.97. The average molecular weight is 665 g/mol. The third-order valence-electron chi connectivity index (χ3n) is 9.57. The number of rotatable bonds is 7. The van der Waals surface area contributed by atoms with E-state index in [1.165, 1.54) is 6.07 Å². The van der Waals surface area contributed by atoms with Crippen LogP contribution < -0.4 is 21.1 Å². The highest BCUT2D eigenvalue weighted by molar-refractivity contribution is 6.25. The Labute approximate surface area is 278 Å². The van der Waals surface area contributed by atoms with E-state index in [9.17, 15) is 39.6 Å². The van der Waals surface area contributed by atoms with Gasteiger partial charge in [-0.3, -0.25) is 14.4 Å². The number of amides is 3. The highest BCUT2D eigenvalue weighted by Gasteiger charge is 2.67. The van der Waals surface area contributed by atoms with Gasteiger partial charge in [-0.15, -0.1) is 0 Å². The molecule has 3 unspecified atom stereocenters. The summed E-state index contributed by atoms with van der Waals surface area (Å²) in [5, 5.41) is 51.3. The van der Waals surface area contributed by atoms with Crippen LogP contribution in [0.25, 0.3) is 16.9 Å². The molecule has 0 saturated heterocycles. The van der Waals surface area contributed by atoms with Crippen molar-refractivity contribution >= 4 is 29.3 Å². The Hall–Kier alpha value is -4.46. The van der Waals surface area contributed by atoms with Crippen LogP contribution in [0.15, 0.2) is 35.9 Å². The van der Waals surface area contributed by atoms with Gasteiger partial charge in [0.05, 0.1) is 18.3 Å². The van der Waals surface area contributed by atoms with Gasteiger partial charge in [-0.05, 0) is 95.4 Å². The molecule has 0 bridgehead atoms. The van der Waals surface area contributed by atoms with Crippen molar-refractivity contribution in [3.05, 3.63) is 52.6 Å². The van der Waals surface area contributed by atoms with Gasteiger partial charge in [0, 0.05) is 35.2 Å². The zero-order valence-electron chi connectivity index (χ0n) is 28.0. The molecule has 13 nitrogen and oxygen atoms in total. The zero-order valence-corrected chi connectivity index (χ0v) is 28.0. The van der Waals surface area contributed by atoms with Crippen LogP contribution in [0.2, 0.25) is 0 Å². The predicted molar refractivity (Wildman–Crippen MR) is 176 cm³/mol. The number of hydrogen-bond acceptors (Lipinski definition) is 10. The summed E-state index contributed by atoms with van der Waals surface area (Å²) in [5.41, 5.74) is 4.61. The number of Topliss-reactive ketones (excluding diaryl/α,β-unsaturated/α-hetero) is 2. The van der Waals surface area contributed by atoms with Gasteiger partial charge in [0.25, 0.3) is 0 Å². The van der Waals surface area contributed by atoms with E-state index in [1.54, 1.807) is 31.1 Å². The van der Waals surface area contributed by atoms with Crippen LogP contribution in [0.1, 0.15) is 50.8 Å². The van der Waals surface area contributed by atoms with E-state index in [4.69, 9.17) is 10.5 Å². The molecule has 2 aromatic carbocycles. The number of nitrogens with zero attached hydrogens (tertiary/aromatic N) is 1. The molecule has 0 aromatic heterocycles. The number of ether oxygens (including phenoxy) is 1. The molecule has 5 rings (SSSR count). The molecular formula is C35H44N4O9. The smallest absolute Gasteiger partial charge is 0.315 e. The van der Waals surface area contributed by atoms with Crippen molar-refractivity contribution in [2.45, 2.75) is 70.4 Å². The molecule has 0 aliphatic heterocycles. The largest absolute Gasteiger partial charge is 0.507 e. The molecular weight excluding hydrogens is 620 g/mol. The summed E-state index contributed by atoms with van der Waals surface area (Å²) >= 11 is 0. The lowest BCUT2D eigenvalue weighted by atomic mass is 9.54. The van der Waals surface area contributed by atoms with Crippen molar-refractivity contribution in [3.63, 3.8) is 0 Å². The van der Waals surface area contributed by atoms with E-state index < -0.39 is 64.3 Å². The van der Waals surface area contributed by atoms with E-state index in [2.05, 4.69) is 10.6 Å². The normalized spacial score (nSPS) is 26.8. The number of benzene rings is 2. The standard InChI is InChI=1S/C35H44N4O9/c1-7-48-23-11-8-16(12-18(23)15-37-33(46)38-34(2,3)4)19-9-10-22(40)25-20(19)13-17-14-21-27(39(5)6)29(42)26(32(36)45)31(44)35(21,47)30(43)24(17)28(25)41/h8-12,17,21,26-27,29,40-42,47H,7,13-15H2,1-6H3,(H2,36,45)(H2,37,38,46)/t17-,21-,26?,27?,29?,35-/m0/s1. The SMILES string of the molecule is CCOc1ccc(-c2ccc(O)c3c2C[C@H]2C[C@H]4C(N(C)C)C(O)C(C(N)=O)C(=O)[C@@]4(O)C(=O)C2=C3O)cc1CNC(=O)NC(C)(C)C. The van der Waals surface area contributed by atoms with Crippen LogP contribution in [-0.4, -0.2) is 92.8 Å². The highest BCUT2D eigenvalue weighted by Crippen LogP contribution is 2.53. The number of nitrogens with two attached hydrogens (primary N) is 1. The van der Waals surface area contributed by atoms with Crippen molar-refractivity contribution in [2.75, 3.05) is 20.7 Å². The van der Waals surface area contributed by atoms with Gasteiger partial charge in [0.15, 0.2) is 11.4 Å². The van der Waals surface area contributed by atoms with Crippen molar-refractivity contribution in [1.29, 1.82) is 0 Å². The highest BCUT2D eigenvalue weighted by atomic mass is 16.5. The first-order valence-electron chi connectivity index (χ1n) is 16.0. The van der Waals surface area contributed by atoms with Crippen LogP contribution >= 0.6 is 0 Å². The lowest BCUT2D eigenvalue weighted by Gasteiger charge is -2.53. The third kappa shape index (κ3) is 5.80. The number of hydrogen-bond donors (Lipinski definition) is 7. The van der Waals surface area contributed by atoms with Gasteiger partial charge >= 0.3 is 6.03 Å². The molecule has 3 aliphatic rings. The van der Waals surface area contributed by atoms with Gasteiger partial charge in [0.1, 0.15) is 23.2 Å². The molecule has 48 heavy (non-hydrogen) atoms. The van der Waals surface area contributed by atoms with Crippen LogP contribution in [0, 0.1) is 17.8 Å². The summed E-state index contributed by atoms with van der Waals surface area (Å²) in [5.74, 6) is -7.41. The molecule has 0 spiro atoms. The molecule has 258 valence electrons.